The first-order valence-corrected chi connectivity index (χ1v) is 8.79. The van der Waals surface area contributed by atoms with E-state index in [0.29, 0.717) is 22.9 Å². The molecule has 0 saturated carbocycles. The van der Waals surface area contributed by atoms with Crippen LogP contribution in [0.25, 0.3) is 0 Å². The summed E-state index contributed by atoms with van der Waals surface area (Å²) in [6, 6.07) is 17.4. The molecule has 0 aliphatic heterocycles. The molecule has 0 atom stereocenters. The largest absolute Gasteiger partial charge is 0.497 e. The number of benzene rings is 2. The van der Waals surface area contributed by atoms with Crippen molar-refractivity contribution in [2.24, 2.45) is 0 Å². The first kappa shape index (κ1) is 19.8. The molecule has 1 amide bonds. The van der Waals surface area contributed by atoms with Crippen molar-refractivity contribution in [1.29, 1.82) is 0 Å². The van der Waals surface area contributed by atoms with Gasteiger partial charge in [-0.2, -0.15) is 0 Å². The van der Waals surface area contributed by atoms with E-state index in [4.69, 9.17) is 9.47 Å². The van der Waals surface area contributed by atoms with Gasteiger partial charge in [-0.15, -0.1) is 10.2 Å². The van der Waals surface area contributed by atoms with Crippen LogP contribution in [0.15, 0.2) is 60.7 Å². The lowest BCUT2D eigenvalue weighted by molar-refractivity contribution is -0.115. The highest BCUT2D eigenvalue weighted by Crippen LogP contribution is 2.17. The molecule has 29 heavy (non-hydrogen) atoms. The highest BCUT2D eigenvalue weighted by atomic mass is 16.5. The van der Waals surface area contributed by atoms with E-state index < -0.39 is 5.97 Å². The topological polar surface area (TPSA) is 102 Å². The van der Waals surface area contributed by atoms with Gasteiger partial charge in [0.25, 0.3) is 0 Å². The molecule has 2 aromatic carbocycles. The maximum absolute atomic E-state index is 12.2. The second-order valence-corrected chi connectivity index (χ2v) is 6.07. The van der Waals surface area contributed by atoms with Crippen LogP contribution in [0, 0.1) is 0 Å². The second kappa shape index (κ2) is 9.32. The van der Waals surface area contributed by atoms with Crippen LogP contribution in [0.4, 0.5) is 17.3 Å². The van der Waals surface area contributed by atoms with Gasteiger partial charge in [-0.1, -0.05) is 18.2 Å². The molecule has 3 aromatic rings. The maximum Gasteiger partial charge on any atom is 0.337 e. The summed E-state index contributed by atoms with van der Waals surface area (Å²) >= 11 is 0. The Bertz CT molecular complexity index is 988. The molecule has 1 heterocycles. The predicted octanol–water partition coefficient (Wildman–Crippen LogP) is 3.20. The molecule has 0 aliphatic carbocycles. The zero-order chi connectivity index (χ0) is 20.6. The van der Waals surface area contributed by atoms with Crippen LogP contribution >= 0.6 is 0 Å². The molecule has 148 valence electrons. The average molecular weight is 392 g/mol. The van der Waals surface area contributed by atoms with Gasteiger partial charge < -0.3 is 20.1 Å². The normalized spacial score (nSPS) is 10.1. The molecular weight excluding hydrogens is 372 g/mol. The molecule has 0 saturated heterocycles. The van der Waals surface area contributed by atoms with E-state index in [1.807, 2.05) is 12.1 Å². The fraction of sp³-hybridized carbons (Fsp3) is 0.143. The highest BCUT2D eigenvalue weighted by molar-refractivity contribution is 5.91. The van der Waals surface area contributed by atoms with Crippen LogP contribution < -0.4 is 15.4 Å². The highest BCUT2D eigenvalue weighted by Gasteiger charge is 2.08. The number of nitrogens with zero attached hydrogens (tertiary/aromatic N) is 2. The van der Waals surface area contributed by atoms with Crippen LogP contribution in [0.1, 0.15) is 15.9 Å². The number of aromatic nitrogens is 2. The molecular formula is C21H20N4O4. The van der Waals surface area contributed by atoms with E-state index >= 15 is 0 Å². The lowest BCUT2D eigenvalue weighted by Crippen LogP contribution is -2.15. The number of carbonyl (C=O) groups excluding carboxylic acids is 2. The van der Waals surface area contributed by atoms with E-state index in [2.05, 4.69) is 20.8 Å². The molecule has 0 fully saturated rings. The molecule has 1 aromatic heterocycles. The Morgan fingerprint density at radius 1 is 0.931 bits per heavy atom. The quantitative estimate of drug-likeness (QED) is 0.595. The van der Waals surface area contributed by atoms with Gasteiger partial charge in [-0.05, 0) is 48.0 Å². The SMILES string of the molecule is COC(=O)c1cccc(Nc2ccc(NC(=O)Cc3ccc(OC)cc3)nn2)c1. The molecule has 0 unspecified atom stereocenters. The number of rotatable bonds is 7. The van der Waals surface area contributed by atoms with Gasteiger partial charge in [0.2, 0.25) is 5.91 Å². The van der Waals surface area contributed by atoms with Crippen molar-refractivity contribution in [3.63, 3.8) is 0 Å². The first-order chi connectivity index (χ1) is 14.1. The standard InChI is InChI=1S/C21H20N4O4/c1-28-17-8-6-14(7-9-17)12-20(26)23-19-11-10-18(24-25-19)22-16-5-3-4-15(13-16)21(27)29-2/h3-11,13H,12H2,1-2H3,(H,22,24)(H,23,25,26). The minimum atomic E-state index is -0.422. The van der Waals surface area contributed by atoms with Crippen LogP contribution in [0.3, 0.4) is 0 Å². The van der Waals surface area contributed by atoms with Crippen molar-refractivity contribution >= 4 is 29.2 Å². The Hall–Kier alpha value is -3.94. The summed E-state index contributed by atoms with van der Waals surface area (Å²) in [6.45, 7) is 0. The summed E-state index contributed by atoms with van der Waals surface area (Å²) in [6.07, 6.45) is 0.214. The molecule has 0 bridgehead atoms. The van der Waals surface area contributed by atoms with Crippen molar-refractivity contribution in [3.8, 4) is 5.75 Å². The zero-order valence-corrected chi connectivity index (χ0v) is 16.0. The van der Waals surface area contributed by atoms with E-state index in [-0.39, 0.29) is 12.3 Å². The number of carbonyl (C=O) groups is 2. The Balaban J connectivity index is 1.58. The van der Waals surface area contributed by atoms with Gasteiger partial charge in [0.15, 0.2) is 11.6 Å². The van der Waals surface area contributed by atoms with Crippen LogP contribution in [0.5, 0.6) is 5.75 Å². The van der Waals surface area contributed by atoms with Gasteiger partial charge in [0.05, 0.1) is 26.2 Å². The van der Waals surface area contributed by atoms with Crippen LogP contribution in [-0.2, 0) is 16.0 Å². The fourth-order valence-corrected chi connectivity index (χ4v) is 2.57. The molecule has 0 aliphatic rings. The van der Waals surface area contributed by atoms with Crippen molar-refractivity contribution < 1.29 is 19.1 Å². The second-order valence-electron chi connectivity index (χ2n) is 6.07. The van der Waals surface area contributed by atoms with Gasteiger partial charge in [0, 0.05) is 5.69 Å². The summed E-state index contributed by atoms with van der Waals surface area (Å²) in [5.74, 6) is 0.934. The number of esters is 1. The van der Waals surface area contributed by atoms with Gasteiger partial charge in [0.1, 0.15) is 5.75 Å². The van der Waals surface area contributed by atoms with Crippen molar-refractivity contribution in [2.45, 2.75) is 6.42 Å². The summed E-state index contributed by atoms with van der Waals surface area (Å²) in [7, 11) is 2.92. The van der Waals surface area contributed by atoms with Gasteiger partial charge in [-0.25, -0.2) is 4.79 Å². The smallest absolute Gasteiger partial charge is 0.337 e. The third-order valence-electron chi connectivity index (χ3n) is 4.01. The minimum absolute atomic E-state index is 0.198. The van der Waals surface area contributed by atoms with E-state index in [1.165, 1.54) is 7.11 Å². The van der Waals surface area contributed by atoms with Gasteiger partial charge >= 0.3 is 5.97 Å². The van der Waals surface area contributed by atoms with E-state index in [0.717, 1.165) is 11.3 Å². The third kappa shape index (κ3) is 5.52. The fourth-order valence-electron chi connectivity index (χ4n) is 2.57. The average Bonchev–Trinajstić information content (AvgIpc) is 2.75. The van der Waals surface area contributed by atoms with E-state index in [9.17, 15) is 9.59 Å². The van der Waals surface area contributed by atoms with Crippen molar-refractivity contribution in [1.82, 2.24) is 10.2 Å². The summed E-state index contributed by atoms with van der Waals surface area (Å²) in [5, 5.41) is 13.8. The summed E-state index contributed by atoms with van der Waals surface area (Å²) in [5.41, 5.74) is 1.95. The predicted molar refractivity (Wildman–Crippen MR) is 108 cm³/mol. The molecule has 2 N–H and O–H groups in total. The summed E-state index contributed by atoms with van der Waals surface area (Å²) < 4.78 is 9.81. The molecule has 3 rings (SSSR count). The summed E-state index contributed by atoms with van der Waals surface area (Å²) in [4.78, 5) is 23.8. The number of anilines is 3. The lowest BCUT2D eigenvalue weighted by Gasteiger charge is -2.08. The number of hydrogen-bond donors (Lipinski definition) is 2. The first-order valence-electron chi connectivity index (χ1n) is 8.79. The van der Waals surface area contributed by atoms with Crippen LogP contribution in [-0.4, -0.2) is 36.3 Å². The number of hydrogen-bond acceptors (Lipinski definition) is 7. The monoisotopic (exact) mass is 392 g/mol. The molecule has 8 nitrogen and oxygen atoms in total. The van der Waals surface area contributed by atoms with Crippen molar-refractivity contribution in [3.05, 3.63) is 71.8 Å². The minimum Gasteiger partial charge on any atom is -0.497 e. The molecule has 0 spiro atoms. The zero-order valence-electron chi connectivity index (χ0n) is 16.0. The Labute approximate surface area is 167 Å². The lowest BCUT2D eigenvalue weighted by atomic mass is 10.1. The van der Waals surface area contributed by atoms with E-state index in [1.54, 1.807) is 55.6 Å². The Morgan fingerprint density at radius 3 is 2.31 bits per heavy atom. The van der Waals surface area contributed by atoms with Gasteiger partial charge in [-0.3, -0.25) is 4.79 Å². The Morgan fingerprint density at radius 2 is 1.66 bits per heavy atom. The number of methoxy groups -OCH3 is 2. The third-order valence-corrected chi connectivity index (χ3v) is 4.01. The number of amides is 1. The Kier molecular flexibility index (Phi) is 6.36. The van der Waals surface area contributed by atoms with Crippen LogP contribution in [0.2, 0.25) is 0 Å². The number of nitrogens with one attached hydrogen (secondary N) is 2. The van der Waals surface area contributed by atoms with Crippen molar-refractivity contribution in [2.75, 3.05) is 24.9 Å². The number of ether oxygens (including phenoxy) is 2. The molecule has 0 radical (unpaired) electrons. The molecule has 8 heteroatoms. The maximum atomic E-state index is 12.2.